The van der Waals surface area contributed by atoms with Gasteiger partial charge in [0.1, 0.15) is 0 Å². The smallest absolute Gasteiger partial charge is 0.330 e. The number of rotatable bonds is 10. The van der Waals surface area contributed by atoms with Crippen molar-refractivity contribution < 1.29 is 27.5 Å². The van der Waals surface area contributed by atoms with E-state index in [-0.39, 0.29) is 37.6 Å². The van der Waals surface area contributed by atoms with Gasteiger partial charge in [0.05, 0.1) is 24.7 Å². The van der Waals surface area contributed by atoms with Gasteiger partial charge in [-0.2, -0.15) is 0 Å². The number of carbonyl (C=O) groups is 2. The van der Waals surface area contributed by atoms with Crippen molar-refractivity contribution in [3.8, 4) is 0 Å². The molecular formula is C12H18O6S. The Balaban J connectivity index is 3.74. The van der Waals surface area contributed by atoms with Crippen LogP contribution in [0.15, 0.2) is 25.3 Å². The van der Waals surface area contributed by atoms with E-state index >= 15 is 0 Å². The van der Waals surface area contributed by atoms with Gasteiger partial charge in [0.25, 0.3) is 0 Å². The number of ether oxygens (including phenoxy) is 2. The zero-order valence-corrected chi connectivity index (χ0v) is 11.5. The Kier molecular flexibility index (Phi) is 8.52. The van der Waals surface area contributed by atoms with Gasteiger partial charge in [0.15, 0.2) is 9.84 Å². The third-order valence-corrected chi connectivity index (χ3v) is 3.84. The summed E-state index contributed by atoms with van der Waals surface area (Å²) in [7, 11) is -3.23. The maximum atomic E-state index is 11.5. The Labute approximate surface area is 113 Å². The molecule has 0 N–H and O–H groups in total. The molecule has 0 aromatic carbocycles. The summed E-state index contributed by atoms with van der Waals surface area (Å²) in [6, 6.07) is 0. The van der Waals surface area contributed by atoms with Crippen molar-refractivity contribution in [2.75, 3.05) is 24.7 Å². The van der Waals surface area contributed by atoms with E-state index in [2.05, 4.69) is 22.6 Å². The minimum absolute atomic E-state index is 0.0372. The van der Waals surface area contributed by atoms with Gasteiger partial charge in [-0.15, -0.1) is 0 Å². The fraction of sp³-hybridized carbons (Fsp3) is 0.500. The summed E-state index contributed by atoms with van der Waals surface area (Å²) in [6.45, 7) is 6.51. The van der Waals surface area contributed by atoms with Crippen LogP contribution >= 0.6 is 0 Å². The Morgan fingerprint density at radius 1 is 0.895 bits per heavy atom. The van der Waals surface area contributed by atoms with Gasteiger partial charge in [0.2, 0.25) is 0 Å². The molecule has 7 heteroatoms. The SMILES string of the molecule is C=CC(=O)OCCCS(=O)(=O)CCCOC(=O)C=C. The van der Waals surface area contributed by atoms with E-state index < -0.39 is 21.8 Å². The van der Waals surface area contributed by atoms with Gasteiger partial charge >= 0.3 is 11.9 Å². The molecule has 0 aromatic heterocycles. The molecule has 0 atom stereocenters. The van der Waals surface area contributed by atoms with Crippen LogP contribution in [-0.4, -0.2) is 45.1 Å². The molecule has 0 saturated carbocycles. The van der Waals surface area contributed by atoms with Gasteiger partial charge in [-0.25, -0.2) is 18.0 Å². The van der Waals surface area contributed by atoms with E-state index in [0.717, 1.165) is 12.2 Å². The average Bonchev–Trinajstić information content (AvgIpc) is 2.39. The molecule has 0 unspecified atom stereocenters. The first-order chi connectivity index (χ1) is 8.91. The zero-order valence-electron chi connectivity index (χ0n) is 10.7. The number of hydrogen-bond donors (Lipinski definition) is 0. The third-order valence-electron chi connectivity index (χ3n) is 2.02. The standard InChI is InChI=1S/C12H18O6S/c1-3-11(13)17-7-5-9-19(15,16)10-6-8-18-12(14)4-2/h3-4H,1-2,5-10H2. The molecule has 0 heterocycles. The van der Waals surface area contributed by atoms with Crippen molar-refractivity contribution in [1.82, 2.24) is 0 Å². The summed E-state index contributed by atoms with van der Waals surface area (Å²) in [4.78, 5) is 21.4. The van der Waals surface area contributed by atoms with Crippen LogP contribution in [0.2, 0.25) is 0 Å². The maximum Gasteiger partial charge on any atom is 0.330 e. The summed E-state index contributed by atoms with van der Waals surface area (Å²) in [5.74, 6) is -1.30. The number of sulfone groups is 1. The van der Waals surface area contributed by atoms with Gasteiger partial charge in [0, 0.05) is 12.2 Å². The summed E-state index contributed by atoms with van der Waals surface area (Å²) in [5.41, 5.74) is 0. The molecule has 0 fully saturated rings. The largest absolute Gasteiger partial charge is 0.463 e. The zero-order chi connectivity index (χ0) is 14.7. The van der Waals surface area contributed by atoms with Crippen molar-refractivity contribution in [2.24, 2.45) is 0 Å². The van der Waals surface area contributed by atoms with Crippen LogP contribution in [0.5, 0.6) is 0 Å². The number of hydrogen-bond acceptors (Lipinski definition) is 6. The molecule has 0 aliphatic heterocycles. The van der Waals surface area contributed by atoms with Gasteiger partial charge < -0.3 is 9.47 Å². The second-order valence-corrected chi connectivity index (χ2v) is 5.91. The van der Waals surface area contributed by atoms with Gasteiger partial charge in [-0.1, -0.05) is 13.2 Å². The van der Waals surface area contributed by atoms with Gasteiger partial charge in [-0.05, 0) is 12.8 Å². The molecule has 108 valence electrons. The predicted octanol–water partition coefficient (Wildman–Crippen LogP) is 0.640. The molecular weight excluding hydrogens is 272 g/mol. The molecule has 0 rings (SSSR count). The van der Waals surface area contributed by atoms with Crippen LogP contribution < -0.4 is 0 Å². The van der Waals surface area contributed by atoms with Crippen molar-refractivity contribution in [3.05, 3.63) is 25.3 Å². The van der Waals surface area contributed by atoms with Crippen molar-refractivity contribution in [1.29, 1.82) is 0 Å². The van der Waals surface area contributed by atoms with Crippen LogP contribution in [0.3, 0.4) is 0 Å². The summed E-state index contributed by atoms with van der Waals surface area (Å²) in [6.07, 6.45) is 2.49. The van der Waals surface area contributed by atoms with Crippen LogP contribution in [0.25, 0.3) is 0 Å². The highest BCUT2D eigenvalue weighted by atomic mass is 32.2. The Morgan fingerprint density at radius 2 is 1.26 bits per heavy atom. The monoisotopic (exact) mass is 290 g/mol. The van der Waals surface area contributed by atoms with Crippen molar-refractivity contribution in [2.45, 2.75) is 12.8 Å². The fourth-order valence-corrected chi connectivity index (χ4v) is 2.44. The number of esters is 2. The Hall–Kier alpha value is -1.63. The average molecular weight is 290 g/mol. The molecule has 0 aromatic rings. The van der Waals surface area contributed by atoms with E-state index in [1.807, 2.05) is 0 Å². The Morgan fingerprint density at radius 3 is 1.58 bits per heavy atom. The lowest BCUT2D eigenvalue weighted by molar-refractivity contribution is -0.138. The van der Waals surface area contributed by atoms with Crippen LogP contribution in [0.1, 0.15) is 12.8 Å². The lowest BCUT2D eigenvalue weighted by Gasteiger charge is -2.05. The van der Waals surface area contributed by atoms with Crippen LogP contribution in [0.4, 0.5) is 0 Å². The van der Waals surface area contributed by atoms with Crippen molar-refractivity contribution >= 4 is 21.8 Å². The topological polar surface area (TPSA) is 86.7 Å². The summed E-state index contributed by atoms with van der Waals surface area (Å²) in [5, 5.41) is 0. The van der Waals surface area contributed by atoms with E-state index in [4.69, 9.17) is 0 Å². The predicted molar refractivity (Wildman–Crippen MR) is 70.2 cm³/mol. The van der Waals surface area contributed by atoms with E-state index in [1.165, 1.54) is 0 Å². The van der Waals surface area contributed by atoms with Crippen molar-refractivity contribution in [3.63, 3.8) is 0 Å². The van der Waals surface area contributed by atoms with Gasteiger partial charge in [-0.3, -0.25) is 0 Å². The highest BCUT2D eigenvalue weighted by molar-refractivity contribution is 7.91. The molecule has 0 saturated heterocycles. The molecule has 0 spiro atoms. The molecule has 0 bridgehead atoms. The highest BCUT2D eigenvalue weighted by Crippen LogP contribution is 1.99. The summed E-state index contributed by atoms with van der Waals surface area (Å²) >= 11 is 0. The second-order valence-electron chi connectivity index (χ2n) is 3.60. The maximum absolute atomic E-state index is 11.5. The van der Waals surface area contributed by atoms with Crippen LogP contribution in [-0.2, 0) is 28.9 Å². The Bertz CT molecular complexity index is 390. The summed E-state index contributed by atoms with van der Waals surface area (Å²) < 4.78 is 32.4. The minimum atomic E-state index is -3.23. The molecule has 0 amide bonds. The molecule has 0 aliphatic carbocycles. The number of carbonyl (C=O) groups excluding carboxylic acids is 2. The second kappa shape index (κ2) is 9.32. The quantitative estimate of drug-likeness (QED) is 0.333. The molecule has 0 aliphatic rings. The van der Waals surface area contributed by atoms with E-state index in [1.54, 1.807) is 0 Å². The third kappa shape index (κ3) is 10.0. The first-order valence-electron chi connectivity index (χ1n) is 5.70. The first-order valence-corrected chi connectivity index (χ1v) is 7.52. The minimum Gasteiger partial charge on any atom is -0.463 e. The lowest BCUT2D eigenvalue weighted by atomic mass is 10.5. The van der Waals surface area contributed by atoms with E-state index in [9.17, 15) is 18.0 Å². The molecule has 19 heavy (non-hydrogen) atoms. The normalized spacial score (nSPS) is 10.5. The molecule has 6 nitrogen and oxygen atoms in total. The van der Waals surface area contributed by atoms with Crippen LogP contribution in [0, 0.1) is 0 Å². The fourth-order valence-electron chi connectivity index (χ4n) is 1.12. The van der Waals surface area contributed by atoms with E-state index in [0.29, 0.717) is 0 Å². The highest BCUT2D eigenvalue weighted by Gasteiger charge is 2.11. The lowest BCUT2D eigenvalue weighted by Crippen LogP contribution is -2.15. The first kappa shape index (κ1) is 17.4. The molecule has 0 radical (unpaired) electrons.